The largest absolute Gasteiger partial charge is 0.258 e. The summed E-state index contributed by atoms with van der Waals surface area (Å²) < 4.78 is 0. The van der Waals surface area contributed by atoms with Gasteiger partial charge in [-0.3, -0.25) is 4.98 Å². The molecule has 1 heterocycles. The monoisotopic (exact) mass is 159 g/mol. The van der Waals surface area contributed by atoms with Gasteiger partial charge in [0.25, 0.3) is 0 Å². The van der Waals surface area contributed by atoms with Crippen LogP contribution in [0.1, 0.15) is 11.4 Å². The molecule has 0 amide bonds. The lowest BCUT2D eigenvalue weighted by molar-refractivity contribution is 1.14. The molecule has 1 heteroatoms. The second kappa shape index (κ2) is 4.50. The second-order valence-corrected chi connectivity index (χ2v) is 2.69. The molecule has 0 aromatic carbocycles. The Labute approximate surface area is 73.4 Å². The van der Waals surface area contributed by atoms with E-state index in [2.05, 4.69) is 4.98 Å². The van der Waals surface area contributed by atoms with Gasteiger partial charge in [-0.1, -0.05) is 30.3 Å². The van der Waals surface area contributed by atoms with Crippen LogP contribution < -0.4 is 0 Å². The second-order valence-electron chi connectivity index (χ2n) is 2.69. The molecule has 0 spiro atoms. The number of nitrogens with zero attached hydrogens (tertiary/aromatic N) is 1. The zero-order valence-corrected chi connectivity index (χ0v) is 7.49. The first-order chi connectivity index (χ1) is 5.79. The Balaban J connectivity index is 3.23. The molecule has 0 radical (unpaired) electrons. The van der Waals surface area contributed by atoms with Gasteiger partial charge in [0.1, 0.15) is 0 Å². The van der Waals surface area contributed by atoms with Crippen molar-refractivity contribution in [2.75, 3.05) is 0 Å². The number of hydrogen-bond donors (Lipinski definition) is 0. The molecule has 1 aromatic heterocycles. The van der Waals surface area contributed by atoms with E-state index >= 15 is 0 Å². The summed E-state index contributed by atoms with van der Waals surface area (Å²) in [6, 6.07) is 13.9. The maximum Gasteiger partial charge on any atom is 0.0375 e. The predicted molar refractivity (Wildman–Crippen MR) is 51.3 cm³/mol. The van der Waals surface area contributed by atoms with E-state index in [1.807, 2.05) is 56.3 Å². The van der Waals surface area contributed by atoms with E-state index < -0.39 is 0 Å². The molecule has 0 saturated carbocycles. The third-order valence-electron chi connectivity index (χ3n) is 1.47. The van der Waals surface area contributed by atoms with E-state index in [1.165, 1.54) is 0 Å². The van der Waals surface area contributed by atoms with Crippen LogP contribution in [0.5, 0.6) is 0 Å². The summed E-state index contributed by atoms with van der Waals surface area (Å²) in [5.74, 6) is 0. The van der Waals surface area contributed by atoms with Crippen molar-refractivity contribution in [3.8, 4) is 0 Å². The Bertz CT molecular complexity index is 276. The normalized spacial score (nSPS) is 8.83. The van der Waals surface area contributed by atoms with Gasteiger partial charge in [0, 0.05) is 11.4 Å². The molecular formula is C11H13N. The maximum absolute atomic E-state index is 4.34. The Morgan fingerprint density at radius 3 is 1.67 bits per heavy atom. The molecule has 0 fully saturated rings. The van der Waals surface area contributed by atoms with Crippen molar-refractivity contribution in [1.29, 1.82) is 0 Å². The minimum absolute atomic E-state index is 1.03. The Hall–Kier alpha value is -1.37. The van der Waals surface area contributed by atoms with Gasteiger partial charge in [-0.25, -0.2) is 0 Å². The molecular weight excluding hydrogens is 146 g/mol. The minimum Gasteiger partial charge on any atom is -0.258 e. The van der Waals surface area contributed by atoms with Crippen molar-refractivity contribution in [1.82, 2.24) is 4.98 Å². The molecule has 0 N–H and O–H groups in total. The van der Waals surface area contributed by atoms with E-state index in [0.717, 1.165) is 11.4 Å². The topological polar surface area (TPSA) is 12.9 Å². The lowest BCUT2D eigenvalue weighted by Gasteiger charge is -1.86. The highest BCUT2D eigenvalue weighted by Gasteiger charge is 1.78. The van der Waals surface area contributed by atoms with Crippen molar-refractivity contribution in [3.63, 3.8) is 0 Å². The first-order valence-corrected chi connectivity index (χ1v) is 4.02. The molecule has 1 nitrogen and oxygen atoms in total. The van der Waals surface area contributed by atoms with E-state index in [0.29, 0.717) is 0 Å². The van der Waals surface area contributed by atoms with E-state index in [1.54, 1.807) is 0 Å². The Morgan fingerprint density at radius 2 is 1.17 bits per heavy atom. The van der Waals surface area contributed by atoms with Crippen LogP contribution in [0.15, 0.2) is 42.5 Å². The SMILES string of the molecule is Cc1cccccccc(C)n1. The fraction of sp³-hybridized carbons (Fsp3) is 0.182. The van der Waals surface area contributed by atoms with Crippen LogP contribution in [0.4, 0.5) is 0 Å². The van der Waals surface area contributed by atoms with Gasteiger partial charge in [-0.2, -0.15) is 0 Å². The van der Waals surface area contributed by atoms with Crippen LogP contribution >= 0.6 is 0 Å². The van der Waals surface area contributed by atoms with Gasteiger partial charge < -0.3 is 0 Å². The molecule has 12 heavy (non-hydrogen) atoms. The number of aryl methyl sites for hydroxylation is 2. The molecule has 0 aliphatic carbocycles. The lowest BCUT2D eigenvalue weighted by atomic mass is 10.3. The van der Waals surface area contributed by atoms with Gasteiger partial charge in [-0.05, 0) is 26.0 Å². The summed E-state index contributed by atoms with van der Waals surface area (Å²) in [5, 5.41) is 0. The zero-order valence-electron chi connectivity index (χ0n) is 7.49. The summed E-state index contributed by atoms with van der Waals surface area (Å²) in [4.78, 5) is 4.34. The van der Waals surface area contributed by atoms with Gasteiger partial charge in [0.2, 0.25) is 0 Å². The van der Waals surface area contributed by atoms with Gasteiger partial charge in [0.15, 0.2) is 0 Å². The standard InChI is InChI=1S/C11H13N/c1-10-8-6-4-3-5-7-9-11(2)12-10/h3-9H,1-2H3. The number of aromatic nitrogens is 1. The van der Waals surface area contributed by atoms with E-state index in [-0.39, 0.29) is 0 Å². The Kier molecular flexibility index (Phi) is 3.27. The van der Waals surface area contributed by atoms with Crippen molar-refractivity contribution >= 4 is 0 Å². The molecule has 0 unspecified atom stereocenters. The van der Waals surface area contributed by atoms with Crippen molar-refractivity contribution in [2.24, 2.45) is 0 Å². The van der Waals surface area contributed by atoms with Gasteiger partial charge >= 0.3 is 0 Å². The minimum atomic E-state index is 1.03. The maximum atomic E-state index is 4.34. The van der Waals surface area contributed by atoms with Crippen LogP contribution in [0, 0.1) is 13.8 Å². The molecule has 1 aromatic rings. The Morgan fingerprint density at radius 1 is 0.750 bits per heavy atom. The highest BCUT2D eigenvalue weighted by molar-refractivity contribution is 5.05. The zero-order chi connectivity index (χ0) is 8.81. The summed E-state index contributed by atoms with van der Waals surface area (Å²) >= 11 is 0. The first kappa shape index (κ1) is 8.72. The summed E-state index contributed by atoms with van der Waals surface area (Å²) in [6.45, 7) is 3.99. The van der Waals surface area contributed by atoms with Crippen molar-refractivity contribution in [2.45, 2.75) is 13.8 Å². The van der Waals surface area contributed by atoms with Crippen LogP contribution in [-0.2, 0) is 0 Å². The van der Waals surface area contributed by atoms with E-state index in [9.17, 15) is 0 Å². The predicted octanol–water partition coefficient (Wildman–Crippen LogP) is 2.82. The molecule has 0 bridgehead atoms. The van der Waals surface area contributed by atoms with Crippen molar-refractivity contribution < 1.29 is 0 Å². The van der Waals surface area contributed by atoms with Crippen LogP contribution in [0.25, 0.3) is 0 Å². The third-order valence-corrected chi connectivity index (χ3v) is 1.47. The van der Waals surface area contributed by atoms with Crippen LogP contribution in [0.3, 0.4) is 0 Å². The average Bonchev–Trinajstić information content (AvgIpc) is 2.02. The van der Waals surface area contributed by atoms with Gasteiger partial charge in [-0.15, -0.1) is 0 Å². The molecule has 0 aliphatic heterocycles. The first-order valence-electron chi connectivity index (χ1n) is 4.02. The molecule has 62 valence electrons. The lowest BCUT2D eigenvalue weighted by Crippen LogP contribution is -1.78. The third kappa shape index (κ3) is 3.15. The fourth-order valence-electron chi connectivity index (χ4n) is 0.935. The molecule has 0 saturated heterocycles. The van der Waals surface area contributed by atoms with Crippen molar-refractivity contribution in [3.05, 3.63) is 53.9 Å². The van der Waals surface area contributed by atoms with Crippen LogP contribution in [-0.4, -0.2) is 4.98 Å². The summed E-state index contributed by atoms with van der Waals surface area (Å²) in [7, 11) is 0. The number of hydrogen-bond acceptors (Lipinski definition) is 1. The molecule has 1 rings (SSSR count). The highest BCUT2D eigenvalue weighted by Crippen LogP contribution is 1.90. The molecule has 0 atom stereocenters. The van der Waals surface area contributed by atoms with Crippen LogP contribution in [0.2, 0.25) is 0 Å². The van der Waals surface area contributed by atoms with E-state index in [4.69, 9.17) is 0 Å². The summed E-state index contributed by atoms with van der Waals surface area (Å²) in [6.07, 6.45) is 0. The van der Waals surface area contributed by atoms with Gasteiger partial charge in [0.05, 0.1) is 0 Å². The molecule has 0 aliphatic rings. The fourth-order valence-corrected chi connectivity index (χ4v) is 0.935. The highest BCUT2D eigenvalue weighted by atomic mass is 14.7. The number of rotatable bonds is 0. The smallest absolute Gasteiger partial charge is 0.0375 e. The quantitative estimate of drug-likeness (QED) is 0.567. The average molecular weight is 159 g/mol. The summed E-state index contributed by atoms with van der Waals surface area (Å²) in [5.41, 5.74) is 2.06.